The molecular formula is C22H25FO8. The Morgan fingerprint density at radius 2 is 1.77 bits per heavy atom. The van der Waals surface area contributed by atoms with Crippen molar-refractivity contribution >= 4 is 12.2 Å². The Bertz CT molecular complexity index is 916. The number of rotatable bonds is 7. The molecule has 0 aliphatic carbocycles. The van der Waals surface area contributed by atoms with Crippen molar-refractivity contribution in [2.75, 3.05) is 20.8 Å². The third kappa shape index (κ3) is 5.15. The first-order chi connectivity index (χ1) is 14.9. The number of aliphatic hydroxyl groups is 4. The van der Waals surface area contributed by atoms with Crippen LogP contribution < -0.4 is 14.2 Å². The number of aliphatic hydroxyl groups excluding tert-OH is 4. The Balaban J connectivity index is 1.98. The van der Waals surface area contributed by atoms with Crippen LogP contribution in [-0.2, 0) is 4.74 Å². The topological polar surface area (TPSA) is 118 Å². The highest BCUT2D eigenvalue weighted by Crippen LogP contribution is 2.39. The van der Waals surface area contributed by atoms with Gasteiger partial charge in [-0.25, -0.2) is 4.39 Å². The second-order valence-electron chi connectivity index (χ2n) is 6.95. The summed E-state index contributed by atoms with van der Waals surface area (Å²) < 4.78 is 35.4. The molecule has 8 nitrogen and oxygen atoms in total. The van der Waals surface area contributed by atoms with Crippen molar-refractivity contribution in [3.63, 3.8) is 0 Å². The minimum Gasteiger partial charge on any atom is -0.497 e. The Kier molecular flexibility index (Phi) is 7.47. The van der Waals surface area contributed by atoms with Gasteiger partial charge in [0.25, 0.3) is 0 Å². The molecular weight excluding hydrogens is 411 g/mol. The molecule has 1 aliphatic rings. The fraction of sp³-hybridized carbons (Fsp3) is 0.364. The van der Waals surface area contributed by atoms with Crippen LogP contribution in [0, 0.1) is 5.82 Å². The van der Waals surface area contributed by atoms with Crippen molar-refractivity contribution in [2.45, 2.75) is 30.7 Å². The van der Waals surface area contributed by atoms with Crippen molar-refractivity contribution in [2.24, 2.45) is 0 Å². The summed E-state index contributed by atoms with van der Waals surface area (Å²) in [7, 11) is 2.89. The lowest BCUT2D eigenvalue weighted by molar-refractivity contribution is -0.277. The lowest BCUT2D eigenvalue weighted by Gasteiger charge is -2.39. The van der Waals surface area contributed by atoms with Crippen LogP contribution in [0.15, 0.2) is 36.4 Å². The van der Waals surface area contributed by atoms with Gasteiger partial charge in [0.2, 0.25) is 6.29 Å². The second-order valence-corrected chi connectivity index (χ2v) is 6.95. The maximum Gasteiger partial charge on any atom is 0.229 e. The summed E-state index contributed by atoms with van der Waals surface area (Å²) in [6, 6.07) is 9.17. The van der Waals surface area contributed by atoms with E-state index in [0.717, 1.165) is 0 Å². The van der Waals surface area contributed by atoms with Crippen LogP contribution in [0.25, 0.3) is 12.2 Å². The van der Waals surface area contributed by atoms with Gasteiger partial charge in [-0.3, -0.25) is 0 Å². The van der Waals surface area contributed by atoms with Crippen LogP contribution in [0.3, 0.4) is 0 Å². The molecule has 0 saturated carbocycles. The van der Waals surface area contributed by atoms with Crippen LogP contribution in [0.1, 0.15) is 11.1 Å². The van der Waals surface area contributed by atoms with Crippen LogP contribution in [-0.4, -0.2) is 72.0 Å². The number of hydrogen-bond acceptors (Lipinski definition) is 8. The lowest BCUT2D eigenvalue weighted by atomic mass is 9.99. The number of hydrogen-bond donors (Lipinski definition) is 4. The predicted molar refractivity (Wildman–Crippen MR) is 109 cm³/mol. The third-order valence-corrected chi connectivity index (χ3v) is 4.90. The Labute approximate surface area is 178 Å². The van der Waals surface area contributed by atoms with Crippen LogP contribution in [0.4, 0.5) is 4.39 Å². The van der Waals surface area contributed by atoms with Crippen LogP contribution in [0.2, 0.25) is 0 Å². The van der Waals surface area contributed by atoms with Crippen LogP contribution >= 0.6 is 0 Å². The second kappa shape index (κ2) is 10.1. The molecule has 1 saturated heterocycles. The summed E-state index contributed by atoms with van der Waals surface area (Å²) in [6.45, 7) is -0.586. The van der Waals surface area contributed by atoms with Gasteiger partial charge in [-0.15, -0.1) is 0 Å². The van der Waals surface area contributed by atoms with Gasteiger partial charge < -0.3 is 39.4 Å². The van der Waals surface area contributed by atoms with Gasteiger partial charge in [-0.2, -0.15) is 0 Å². The maximum absolute atomic E-state index is 13.5. The third-order valence-electron chi connectivity index (χ3n) is 4.90. The number of benzene rings is 2. The zero-order chi connectivity index (χ0) is 22.5. The molecule has 5 atom stereocenters. The van der Waals surface area contributed by atoms with E-state index in [0.29, 0.717) is 16.9 Å². The van der Waals surface area contributed by atoms with Crippen molar-refractivity contribution in [3.05, 3.63) is 53.3 Å². The molecule has 168 valence electrons. The first-order valence-corrected chi connectivity index (χ1v) is 9.54. The number of ether oxygens (including phenoxy) is 4. The summed E-state index contributed by atoms with van der Waals surface area (Å²) in [5.41, 5.74) is 1.05. The van der Waals surface area contributed by atoms with Gasteiger partial charge in [0.1, 0.15) is 36.0 Å². The number of methoxy groups -OCH3 is 2. The average molecular weight is 436 g/mol. The molecule has 0 amide bonds. The molecule has 31 heavy (non-hydrogen) atoms. The highest BCUT2D eigenvalue weighted by molar-refractivity contribution is 5.75. The molecule has 4 N–H and O–H groups in total. The minimum absolute atomic E-state index is 0.153. The monoisotopic (exact) mass is 436 g/mol. The van der Waals surface area contributed by atoms with Crippen molar-refractivity contribution in [1.29, 1.82) is 0 Å². The molecule has 0 spiro atoms. The quantitative estimate of drug-likeness (QED) is 0.478. The zero-order valence-corrected chi connectivity index (χ0v) is 17.0. The standard InChI is InChI=1S/C22H25FO8/c1-28-15-9-13(7-6-12-4-3-5-14(23)8-12)21(16(10-15)29-2)31-22-20(27)19(26)18(25)17(11-24)30-22/h3-10,17-20,22,24-27H,11H2,1-2H3/b7-6+/t17-,18-,19+,20-,22+/m1/s1. The first kappa shape index (κ1) is 23.0. The van der Waals surface area contributed by atoms with Crippen molar-refractivity contribution in [1.82, 2.24) is 0 Å². The summed E-state index contributed by atoms with van der Waals surface area (Å²) in [4.78, 5) is 0. The van der Waals surface area contributed by atoms with Gasteiger partial charge in [0, 0.05) is 11.6 Å². The Hall–Kier alpha value is -2.69. The smallest absolute Gasteiger partial charge is 0.229 e. The van der Waals surface area contributed by atoms with E-state index in [4.69, 9.17) is 18.9 Å². The maximum atomic E-state index is 13.5. The zero-order valence-electron chi connectivity index (χ0n) is 17.0. The van der Waals surface area contributed by atoms with Crippen molar-refractivity contribution < 1.29 is 43.8 Å². The SMILES string of the molecule is COc1cc(/C=C/c2cccc(F)c2)c(O[C@@H]2O[C@H](CO)[C@@H](O)[C@H](O)[C@H]2O)c(OC)c1. The molecule has 2 aromatic carbocycles. The number of halogens is 1. The molecule has 0 unspecified atom stereocenters. The first-order valence-electron chi connectivity index (χ1n) is 9.54. The van der Waals surface area contributed by atoms with Gasteiger partial charge in [-0.1, -0.05) is 24.3 Å². The molecule has 1 aliphatic heterocycles. The fourth-order valence-electron chi connectivity index (χ4n) is 3.19. The largest absolute Gasteiger partial charge is 0.497 e. The molecule has 3 rings (SSSR count). The van der Waals surface area contributed by atoms with E-state index in [2.05, 4.69) is 0 Å². The van der Waals surface area contributed by atoms with E-state index >= 15 is 0 Å². The molecule has 2 aromatic rings. The molecule has 1 heterocycles. The fourth-order valence-corrected chi connectivity index (χ4v) is 3.19. The van der Waals surface area contributed by atoms with Gasteiger partial charge in [0.15, 0.2) is 11.5 Å². The summed E-state index contributed by atoms with van der Waals surface area (Å²) in [5.74, 6) is 0.468. The highest BCUT2D eigenvalue weighted by Gasteiger charge is 2.45. The highest BCUT2D eigenvalue weighted by atomic mass is 19.1. The summed E-state index contributed by atoms with van der Waals surface area (Å²) in [5, 5.41) is 39.7. The minimum atomic E-state index is -1.59. The van der Waals surface area contributed by atoms with Crippen LogP contribution in [0.5, 0.6) is 17.2 Å². The predicted octanol–water partition coefficient (Wildman–Crippen LogP) is 1.19. The normalized spacial score (nSPS) is 26.1. The van der Waals surface area contributed by atoms with E-state index in [1.807, 2.05) is 0 Å². The molecule has 0 radical (unpaired) electrons. The van der Waals surface area contributed by atoms with E-state index in [1.54, 1.807) is 36.4 Å². The van der Waals surface area contributed by atoms with E-state index in [9.17, 15) is 24.8 Å². The average Bonchev–Trinajstić information content (AvgIpc) is 2.78. The molecule has 1 fully saturated rings. The molecule has 0 aromatic heterocycles. The van der Waals surface area contributed by atoms with E-state index in [-0.39, 0.29) is 17.3 Å². The summed E-state index contributed by atoms with van der Waals surface area (Å²) >= 11 is 0. The molecule has 9 heteroatoms. The van der Waals surface area contributed by atoms with Gasteiger partial charge in [0.05, 0.1) is 20.8 Å². The van der Waals surface area contributed by atoms with E-state index < -0.39 is 37.3 Å². The Morgan fingerprint density at radius 1 is 1.00 bits per heavy atom. The Morgan fingerprint density at radius 3 is 2.42 bits per heavy atom. The lowest BCUT2D eigenvalue weighted by Crippen LogP contribution is -2.60. The van der Waals surface area contributed by atoms with Crippen molar-refractivity contribution in [3.8, 4) is 17.2 Å². The molecule has 0 bridgehead atoms. The van der Waals surface area contributed by atoms with E-state index in [1.165, 1.54) is 26.4 Å². The summed E-state index contributed by atoms with van der Waals surface area (Å²) in [6.07, 6.45) is -3.93. The van der Waals surface area contributed by atoms with Gasteiger partial charge >= 0.3 is 0 Å². The van der Waals surface area contributed by atoms with Gasteiger partial charge in [-0.05, 0) is 23.8 Å².